The summed E-state index contributed by atoms with van der Waals surface area (Å²) in [5.41, 5.74) is 54.6. The van der Waals surface area contributed by atoms with Crippen molar-refractivity contribution in [1.82, 2.24) is 26.2 Å². The van der Waals surface area contributed by atoms with Crippen molar-refractivity contribution in [1.29, 1.82) is 0 Å². The number of nitrogens with zero attached hydrogens (tertiary/aromatic N) is 1. The molecule has 476 valence electrons. The van der Waals surface area contributed by atoms with Crippen molar-refractivity contribution in [2.45, 2.75) is 206 Å². The number of hydrogen-bond donors (Lipinski definition) is 19. The summed E-state index contributed by atoms with van der Waals surface area (Å²) in [6.07, 6.45) is -3.14. The highest BCUT2D eigenvalue weighted by Gasteiger charge is 2.50. The van der Waals surface area contributed by atoms with Crippen LogP contribution in [0.1, 0.15) is 83.5 Å². The molecule has 2 heterocycles. The van der Waals surface area contributed by atoms with Gasteiger partial charge in [0.1, 0.15) is 61.0 Å². The van der Waals surface area contributed by atoms with Gasteiger partial charge in [0.05, 0.1) is 24.3 Å². The molecule has 2 saturated carbocycles. The Morgan fingerprint density at radius 1 is 0.457 bits per heavy atom. The van der Waals surface area contributed by atoms with Crippen LogP contribution in [0.25, 0.3) is 0 Å². The summed E-state index contributed by atoms with van der Waals surface area (Å²) in [6, 6.07) is -4.45. The number of thioether (sulfide) groups is 2. The lowest BCUT2D eigenvalue weighted by molar-refractivity contribution is -0.291. The molecule has 30 heteroatoms. The van der Waals surface area contributed by atoms with Crippen molar-refractivity contribution in [3.05, 3.63) is 0 Å². The van der Waals surface area contributed by atoms with E-state index < -0.39 is 122 Å². The van der Waals surface area contributed by atoms with Crippen LogP contribution in [-0.2, 0) is 28.4 Å². The zero-order valence-corrected chi connectivity index (χ0v) is 50.7. The number of hydrogen-bond acceptors (Lipinski definition) is 26. The van der Waals surface area contributed by atoms with Gasteiger partial charge in [-0.15, -0.1) is 0 Å². The molecule has 81 heavy (non-hydrogen) atoms. The summed E-state index contributed by atoms with van der Waals surface area (Å²) in [5, 5.41) is 77.9. The zero-order chi connectivity index (χ0) is 59.3. The van der Waals surface area contributed by atoms with Crippen LogP contribution < -0.4 is 72.9 Å². The van der Waals surface area contributed by atoms with Crippen molar-refractivity contribution in [3.63, 3.8) is 0 Å². The molecule has 2 aliphatic carbocycles. The molecule has 0 radical (unpaired) electrons. The van der Waals surface area contributed by atoms with E-state index in [1.165, 1.54) is 0 Å². The van der Waals surface area contributed by atoms with Gasteiger partial charge in [-0.2, -0.15) is 23.5 Å². The summed E-state index contributed by atoms with van der Waals surface area (Å²) in [5.74, 6) is 3.72. The predicted molar refractivity (Wildman–Crippen MR) is 326 cm³/mol. The van der Waals surface area contributed by atoms with E-state index in [9.17, 15) is 30.6 Å². The molecule has 4 fully saturated rings. The minimum Gasteiger partial charge on any atom is -0.389 e. The molecule has 2 aliphatic heterocycles. The van der Waals surface area contributed by atoms with E-state index in [1.807, 2.05) is 23.5 Å². The highest BCUT2D eigenvalue weighted by atomic mass is 32.2. The van der Waals surface area contributed by atoms with Crippen molar-refractivity contribution >= 4 is 58.2 Å². The number of aliphatic hydroxyl groups excluding tert-OH is 6. The van der Waals surface area contributed by atoms with Gasteiger partial charge in [-0.25, -0.2) is 0 Å². The first-order valence-corrected chi connectivity index (χ1v) is 32.5. The Morgan fingerprint density at radius 2 is 0.864 bits per heavy atom. The van der Waals surface area contributed by atoms with Gasteiger partial charge in [0, 0.05) is 88.2 Å². The smallest absolute Gasteiger partial charge is 0.176 e. The second-order valence-corrected chi connectivity index (χ2v) is 25.0. The van der Waals surface area contributed by atoms with Crippen molar-refractivity contribution in [2.75, 3.05) is 102 Å². The largest absolute Gasteiger partial charge is 0.389 e. The van der Waals surface area contributed by atoms with Gasteiger partial charge < -0.3 is 137 Å². The van der Waals surface area contributed by atoms with Crippen LogP contribution in [0.15, 0.2) is 0 Å². The van der Waals surface area contributed by atoms with Crippen LogP contribution in [0, 0.1) is 0 Å². The summed E-state index contributed by atoms with van der Waals surface area (Å²) in [7, 11) is 0. The molecule has 26 nitrogen and oxygen atoms in total. The highest BCUT2D eigenvalue weighted by Crippen LogP contribution is 2.31. The summed E-state index contributed by atoms with van der Waals surface area (Å²) >= 11 is 14.8. The lowest BCUT2D eigenvalue weighted by Crippen LogP contribution is -2.67. The second-order valence-electron chi connectivity index (χ2n) is 21.8. The van der Waals surface area contributed by atoms with E-state index in [0.717, 1.165) is 139 Å². The van der Waals surface area contributed by atoms with Gasteiger partial charge in [-0.3, -0.25) is 0 Å². The first kappa shape index (κ1) is 72.7. The Morgan fingerprint density at radius 3 is 1.33 bits per heavy atom. The number of nitrogens with two attached hydrogens (primary N) is 9. The molecule has 0 aromatic heterocycles. The monoisotopic (exact) mass is 1230 g/mol. The number of thiocarbonyl (C=S) groups is 2. The highest BCUT2D eigenvalue weighted by molar-refractivity contribution is 7.99. The summed E-state index contributed by atoms with van der Waals surface area (Å²) < 4.78 is 36.0. The van der Waals surface area contributed by atoms with Gasteiger partial charge >= 0.3 is 0 Å². The van der Waals surface area contributed by atoms with Gasteiger partial charge in [-0.05, 0) is 133 Å². The first-order chi connectivity index (χ1) is 38.9. The molecule has 0 aromatic rings. The van der Waals surface area contributed by atoms with Crippen LogP contribution in [0.3, 0.4) is 0 Å². The molecule has 0 amide bonds. The molecule has 4 aliphatic rings. The van der Waals surface area contributed by atoms with Crippen molar-refractivity contribution < 1.29 is 59.1 Å². The average molecular weight is 1240 g/mol. The van der Waals surface area contributed by atoms with Crippen molar-refractivity contribution in [3.8, 4) is 0 Å². The third kappa shape index (κ3) is 25.1. The molecule has 2 saturated heterocycles. The third-order valence-corrected chi connectivity index (χ3v) is 18.0. The molecule has 28 N–H and O–H groups in total. The third-order valence-electron chi connectivity index (χ3n) is 15.3. The van der Waals surface area contributed by atoms with Gasteiger partial charge in [0.25, 0.3) is 0 Å². The molecule has 8 unspecified atom stereocenters. The number of ether oxygens (including phenoxy) is 6. The fourth-order valence-electron chi connectivity index (χ4n) is 10.3. The maximum Gasteiger partial charge on any atom is 0.176 e. The molecular weight excluding hydrogens is 1130 g/mol. The van der Waals surface area contributed by atoms with Crippen molar-refractivity contribution in [2.24, 2.45) is 51.6 Å². The maximum absolute atomic E-state index is 10.9. The van der Waals surface area contributed by atoms with Crippen LogP contribution in [0.5, 0.6) is 0 Å². The van der Waals surface area contributed by atoms with Gasteiger partial charge in [0.15, 0.2) is 22.8 Å². The zero-order valence-electron chi connectivity index (χ0n) is 47.5. The van der Waals surface area contributed by atoms with E-state index in [0.29, 0.717) is 42.8 Å². The number of rotatable bonds is 39. The predicted octanol–water partition coefficient (Wildman–Crippen LogP) is -5.22. The number of nitrogens with one attached hydrogen (secondary N) is 4. The minimum absolute atomic E-state index is 0.0437. The molecule has 0 aromatic carbocycles. The fraction of sp³-hybridized carbons (Fsp3) is 0.961. The van der Waals surface area contributed by atoms with Crippen LogP contribution in [-0.4, -0.2) is 270 Å². The molecule has 20 atom stereocenters. The number of unbranched alkanes of at least 4 members (excludes halogenated alkanes) is 6. The molecular formula is C51H106N14O12S4. The SMILES string of the molecule is NCCCCCN(CCCCNC(=S)NCCSCCCCOC1[C@H](O[C@H]2OC(CN)[C@@H](O)[C@H](O)C2N)C(N)C[C@@H](N)[C@H]1O)CCCNC(=S)NCCSCCCCCOC1[C@H](O[C@H]2OC(CN)[C@@H](O)[C@H](O)C2N)C(N)C[C@@H](N)[C@H]1O. The second kappa shape index (κ2) is 40.6. The Balaban J connectivity index is 0.985. The van der Waals surface area contributed by atoms with Gasteiger partial charge in [-0.1, -0.05) is 12.8 Å². The summed E-state index contributed by atoms with van der Waals surface area (Å²) in [6.45, 7) is 7.49. The number of aliphatic hydroxyl groups is 6. The van der Waals surface area contributed by atoms with E-state index in [-0.39, 0.29) is 13.1 Å². The standard InChI is InChI=1S/C51H106N14O12S4/c52-12-3-1-5-17-65(18-6-4-13-61-50(78)63-16-25-81-23-10-8-21-73-47-39(67)31(56)27-33(58)45(47)77-49-37(60)43(71)41(69)35(29-54)75-49)19-11-14-62-51(79)64-15-24-80-22-9-2-7-20-72-46-38(66)30(55)26-32(57)44(46)76-48-36(59)42(70)40(68)34(28-53)74-48/h30-49,66-71H,1-29,52-60H2,(H2,61,63,78)(H2,62,64,79)/t30-,31-,32?,33?,34?,35?,36?,37?,38-,39-,40-,41-,42-,43-,44-,45-,46?,47?,48-,49-/m1/s1. The molecule has 0 bridgehead atoms. The van der Waals surface area contributed by atoms with E-state index in [1.54, 1.807) is 0 Å². The van der Waals surface area contributed by atoms with Gasteiger partial charge in [0.2, 0.25) is 0 Å². The van der Waals surface area contributed by atoms with Crippen LogP contribution in [0.4, 0.5) is 0 Å². The average Bonchev–Trinajstić information content (AvgIpc) is 3.44. The van der Waals surface area contributed by atoms with Crippen LogP contribution >= 0.6 is 48.0 Å². The maximum atomic E-state index is 10.9. The fourth-order valence-corrected chi connectivity index (χ4v) is 12.4. The van der Waals surface area contributed by atoms with E-state index in [4.69, 9.17) is 104 Å². The van der Waals surface area contributed by atoms with E-state index in [2.05, 4.69) is 26.2 Å². The van der Waals surface area contributed by atoms with Crippen LogP contribution in [0.2, 0.25) is 0 Å². The first-order valence-electron chi connectivity index (χ1n) is 29.4. The Kier molecular flexibility index (Phi) is 36.4. The Hall–Kier alpha value is -0.800. The lowest BCUT2D eigenvalue weighted by Gasteiger charge is -2.46. The Bertz CT molecular complexity index is 1700. The quantitative estimate of drug-likeness (QED) is 0.0202. The topological polar surface area (TPSA) is 462 Å². The van der Waals surface area contributed by atoms with E-state index >= 15 is 0 Å². The normalized spacial score (nSPS) is 34.5. The minimum atomic E-state index is -1.31. The Labute approximate surface area is 499 Å². The molecule has 0 spiro atoms. The molecule has 4 rings (SSSR count). The summed E-state index contributed by atoms with van der Waals surface area (Å²) in [4.78, 5) is 2.53. The lowest BCUT2D eigenvalue weighted by atomic mass is 9.84.